The van der Waals surface area contributed by atoms with Gasteiger partial charge in [-0.1, -0.05) is 79.2 Å². The molecule has 0 radical (unpaired) electrons. The lowest BCUT2D eigenvalue weighted by molar-refractivity contribution is -0.140. The third-order valence-corrected chi connectivity index (χ3v) is 10.0. The first-order valence-corrected chi connectivity index (χ1v) is 15.1. The second kappa shape index (κ2) is 10.4. The first-order chi connectivity index (χ1) is 20.9. The molecule has 4 aliphatic rings. The maximum atomic E-state index is 14.8. The Morgan fingerprint density at radius 2 is 1.63 bits per heavy atom. The SMILES string of the molecule is CCCN1C(=O)[C@H]2[C@H](CC=C3[C@H]2C[C@H]2C(=O)C(c4ccccc4)=CC(=O)[C@@]2(c2ccccc2)[C@H]3c2ccc(CO)o2)C1=O. The number of aliphatic hydroxyl groups is 1. The van der Waals surface area contributed by atoms with E-state index < -0.39 is 35.0 Å². The number of hydrogen-bond donors (Lipinski definition) is 1. The van der Waals surface area contributed by atoms with Crippen molar-refractivity contribution < 1.29 is 28.7 Å². The van der Waals surface area contributed by atoms with Crippen molar-refractivity contribution in [2.45, 2.75) is 44.1 Å². The van der Waals surface area contributed by atoms with E-state index in [0.717, 1.165) is 5.57 Å². The number of carbonyl (C=O) groups excluding carboxylic acids is 4. The number of benzene rings is 2. The van der Waals surface area contributed by atoms with E-state index in [0.29, 0.717) is 47.6 Å². The van der Waals surface area contributed by atoms with Gasteiger partial charge in [0.2, 0.25) is 11.8 Å². The molecule has 1 saturated carbocycles. The molecule has 2 heterocycles. The van der Waals surface area contributed by atoms with Gasteiger partial charge in [-0.25, -0.2) is 0 Å². The minimum Gasteiger partial charge on any atom is -0.463 e. The number of imide groups is 1. The maximum Gasteiger partial charge on any atom is 0.233 e. The van der Waals surface area contributed by atoms with Gasteiger partial charge in [-0.3, -0.25) is 24.1 Å². The van der Waals surface area contributed by atoms with Crippen LogP contribution in [0.3, 0.4) is 0 Å². The van der Waals surface area contributed by atoms with Crippen LogP contribution in [0.25, 0.3) is 5.57 Å². The standard InChI is InChI=1S/C36H33NO6/c1-2-17-37-34(41)25-15-14-24-27(31(25)35(37)42)18-28-33(40)26(21-9-5-3-6-10-21)19-30(39)36(28,22-11-7-4-8-12-22)32(24)29-16-13-23(20-38)43-29/h3-14,16,19,25,27-28,31-32,38H,2,15,17-18,20H2,1H3/t25-,27+,28-,31-,32+,36-/m0/s1. The Balaban J connectivity index is 1.48. The molecule has 1 N–H and O–H groups in total. The summed E-state index contributed by atoms with van der Waals surface area (Å²) in [4.78, 5) is 58.3. The van der Waals surface area contributed by atoms with E-state index in [1.165, 1.54) is 11.0 Å². The van der Waals surface area contributed by atoms with Gasteiger partial charge in [-0.2, -0.15) is 0 Å². The van der Waals surface area contributed by atoms with E-state index in [1.54, 1.807) is 12.1 Å². The number of nitrogens with zero attached hydrogens (tertiary/aromatic N) is 1. The number of hydrogen-bond acceptors (Lipinski definition) is 6. The molecule has 3 aliphatic carbocycles. The Morgan fingerprint density at radius 1 is 0.907 bits per heavy atom. The molecule has 2 amide bonds. The molecule has 6 atom stereocenters. The number of allylic oxidation sites excluding steroid dienone is 4. The molecule has 0 unspecified atom stereocenters. The summed E-state index contributed by atoms with van der Waals surface area (Å²) in [5, 5.41) is 9.89. The summed E-state index contributed by atoms with van der Waals surface area (Å²) >= 11 is 0. The van der Waals surface area contributed by atoms with Crippen molar-refractivity contribution in [2.24, 2.45) is 23.7 Å². The lowest BCUT2D eigenvalue weighted by Crippen LogP contribution is -2.58. The second-order valence-corrected chi connectivity index (χ2v) is 12.1. The molecule has 1 aliphatic heterocycles. The highest BCUT2D eigenvalue weighted by atomic mass is 16.4. The Kier molecular flexibility index (Phi) is 6.66. The molecular formula is C36H33NO6. The zero-order chi connectivity index (χ0) is 29.9. The summed E-state index contributed by atoms with van der Waals surface area (Å²) in [7, 11) is 0. The highest BCUT2D eigenvalue weighted by Crippen LogP contribution is 2.63. The van der Waals surface area contributed by atoms with Crippen molar-refractivity contribution >= 4 is 29.0 Å². The van der Waals surface area contributed by atoms with Crippen LogP contribution in [0.1, 0.15) is 54.8 Å². The van der Waals surface area contributed by atoms with Crippen molar-refractivity contribution in [1.29, 1.82) is 0 Å². The second-order valence-electron chi connectivity index (χ2n) is 12.1. The Hall–Kier alpha value is -4.36. The summed E-state index contributed by atoms with van der Waals surface area (Å²) in [6.07, 6.45) is 4.82. The van der Waals surface area contributed by atoms with E-state index in [4.69, 9.17) is 4.42 Å². The van der Waals surface area contributed by atoms with Crippen LogP contribution in [-0.4, -0.2) is 39.9 Å². The molecule has 3 aromatic rings. The lowest BCUT2D eigenvalue weighted by atomic mass is 9.45. The van der Waals surface area contributed by atoms with Gasteiger partial charge in [-0.05, 0) is 54.5 Å². The third-order valence-electron chi connectivity index (χ3n) is 10.0. The molecule has 2 aromatic carbocycles. The Labute approximate surface area is 249 Å². The van der Waals surface area contributed by atoms with Crippen LogP contribution in [-0.2, 0) is 31.2 Å². The van der Waals surface area contributed by atoms with Crippen LogP contribution in [0.4, 0.5) is 0 Å². The van der Waals surface area contributed by atoms with Gasteiger partial charge in [0.05, 0.1) is 23.2 Å². The van der Waals surface area contributed by atoms with Gasteiger partial charge in [0.1, 0.15) is 18.1 Å². The van der Waals surface area contributed by atoms with Crippen LogP contribution in [0.2, 0.25) is 0 Å². The van der Waals surface area contributed by atoms with Crippen LogP contribution in [0, 0.1) is 23.7 Å². The normalized spacial score (nSPS) is 30.0. The number of likely N-dealkylation sites (tertiary alicyclic amines) is 1. The molecule has 1 aromatic heterocycles. The minimum atomic E-state index is -1.33. The Morgan fingerprint density at radius 3 is 2.30 bits per heavy atom. The molecule has 7 rings (SSSR count). The predicted molar refractivity (Wildman–Crippen MR) is 158 cm³/mol. The first-order valence-electron chi connectivity index (χ1n) is 15.1. The fourth-order valence-electron chi connectivity index (χ4n) is 8.33. The third kappa shape index (κ3) is 3.91. The summed E-state index contributed by atoms with van der Waals surface area (Å²) in [6.45, 7) is 1.99. The first kappa shape index (κ1) is 27.5. The highest BCUT2D eigenvalue weighted by Gasteiger charge is 2.66. The van der Waals surface area contributed by atoms with Crippen molar-refractivity contribution in [2.75, 3.05) is 6.54 Å². The molecule has 0 spiro atoms. The van der Waals surface area contributed by atoms with E-state index in [9.17, 15) is 24.3 Å². The van der Waals surface area contributed by atoms with Crippen molar-refractivity contribution in [3.8, 4) is 0 Å². The minimum absolute atomic E-state index is 0.153. The quantitative estimate of drug-likeness (QED) is 0.328. The number of amides is 2. The molecule has 7 nitrogen and oxygen atoms in total. The van der Waals surface area contributed by atoms with E-state index >= 15 is 0 Å². The van der Waals surface area contributed by atoms with Crippen molar-refractivity contribution in [3.63, 3.8) is 0 Å². The molecule has 7 heteroatoms. The zero-order valence-corrected chi connectivity index (χ0v) is 23.9. The molecular weight excluding hydrogens is 542 g/mol. The van der Waals surface area contributed by atoms with Crippen molar-refractivity contribution in [1.82, 2.24) is 4.90 Å². The van der Waals surface area contributed by atoms with Gasteiger partial charge in [0.15, 0.2) is 11.6 Å². The smallest absolute Gasteiger partial charge is 0.233 e. The van der Waals surface area contributed by atoms with Crippen LogP contribution in [0.15, 0.2) is 94.9 Å². The number of aliphatic hydroxyl groups excluding tert-OH is 1. The number of carbonyl (C=O) groups is 4. The summed E-state index contributed by atoms with van der Waals surface area (Å²) in [5.74, 6) is -2.89. The van der Waals surface area contributed by atoms with Gasteiger partial charge < -0.3 is 9.52 Å². The predicted octanol–water partition coefficient (Wildman–Crippen LogP) is 5.01. The topological polar surface area (TPSA) is 105 Å². The fraction of sp³-hybridized carbons (Fsp3) is 0.333. The number of rotatable bonds is 6. The molecule has 2 fully saturated rings. The summed E-state index contributed by atoms with van der Waals surface area (Å²) < 4.78 is 6.19. The largest absolute Gasteiger partial charge is 0.463 e. The fourth-order valence-corrected chi connectivity index (χ4v) is 8.33. The summed E-state index contributed by atoms with van der Waals surface area (Å²) in [5.41, 5.74) is 1.26. The maximum absolute atomic E-state index is 14.8. The number of furan rings is 1. The van der Waals surface area contributed by atoms with Gasteiger partial charge >= 0.3 is 0 Å². The average Bonchev–Trinajstić information content (AvgIpc) is 3.61. The van der Waals surface area contributed by atoms with E-state index in [2.05, 4.69) is 0 Å². The molecule has 0 bridgehead atoms. The summed E-state index contributed by atoms with van der Waals surface area (Å²) in [6, 6.07) is 22.1. The van der Waals surface area contributed by atoms with Crippen LogP contribution in [0.5, 0.6) is 0 Å². The van der Waals surface area contributed by atoms with Crippen LogP contribution >= 0.6 is 0 Å². The van der Waals surface area contributed by atoms with Gasteiger partial charge in [0, 0.05) is 18.0 Å². The van der Waals surface area contributed by atoms with E-state index in [-0.39, 0.29) is 36.4 Å². The molecule has 218 valence electrons. The molecule has 43 heavy (non-hydrogen) atoms. The lowest BCUT2D eigenvalue weighted by Gasteiger charge is -2.54. The van der Waals surface area contributed by atoms with Crippen molar-refractivity contribution in [3.05, 3.63) is 113 Å². The van der Waals surface area contributed by atoms with Crippen LogP contribution < -0.4 is 0 Å². The number of ketones is 2. The highest BCUT2D eigenvalue weighted by molar-refractivity contribution is 6.31. The zero-order valence-electron chi connectivity index (χ0n) is 23.9. The number of Topliss-reactive ketones (excluding diaryl/α,β-unsaturated/α-hetero) is 1. The van der Waals surface area contributed by atoms with Gasteiger partial charge in [-0.15, -0.1) is 0 Å². The monoisotopic (exact) mass is 575 g/mol. The number of fused-ring (bicyclic) bond motifs is 4. The Bertz CT molecular complexity index is 1680. The van der Waals surface area contributed by atoms with Gasteiger partial charge in [0.25, 0.3) is 0 Å². The molecule has 1 saturated heterocycles. The average molecular weight is 576 g/mol. The van der Waals surface area contributed by atoms with E-state index in [1.807, 2.05) is 73.7 Å².